The molecule has 4 aliphatic heterocycles. The summed E-state index contributed by atoms with van der Waals surface area (Å²) in [7, 11) is 0. The smallest absolute Gasteiger partial charge is 0.250 e. The Hall–Kier alpha value is -2.99. The summed E-state index contributed by atoms with van der Waals surface area (Å²) in [5, 5.41) is 3.05. The van der Waals surface area contributed by atoms with E-state index in [0.29, 0.717) is 5.69 Å². The Bertz CT molecular complexity index is 1200. The zero-order valence-corrected chi connectivity index (χ0v) is 18.6. The van der Waals surface area contributed by atoms with Crippen molar-refractivity contribution < 1.29 is 14.4 Å². The number of nitrogens with one attached hydrogen (secondary N) is 1. The minimum Gasteiger partial charge on any atom is -0.324 e. The van der Waals surface area contributed by atoms with Crippen LogP contribution in [0.15, 0.2) is 36.4 Å². The number of imide groups is 1. The van der Waals surface area contributed by atoms with Crippen molar-refractivity contribution in [3.8, 4) is 0 Å². The van der Waals surface area contributed by atoms with Gasteiger partial charge in [-0.3, -0.25) is 19.3 Å². The number of aryl methyl sites for hydroxylation is 3. The number of carbonyl (C=O) groups excluding carboxylic acids is 3. The van der Waals surface area contributed by atoms with Crippen molar-refractivity contribution in [1.82, 2.24) is 4.90 Å². The Morgan fingerprint density at radius 2 is 1.88 bits per heavy atom. The van der Waals surface area contributed by atoms with Crippen LogP contribution in [-0.4, -0.2) is 35.2 Å². The van der Waals surface area contributed by atoms with Crippen LogP contribution in [0.3, 0.4) is 0 Å². The van der Waals surface area contributed by atoms with E-state index in [1.807, 2.05) is 44.2 Å². The van der Waals surface area contributed by atoms with Crippen LogP contribution in [-0.2, 0) is 26.3 Å². The Kier molecular flexibility index (Phi) is 4.01. The van der Waals surface area contributed by atoms with Gasteiger partial charge < -0.3 is 5.32 Å². The van der Waals surface area contributed by atoms with Crippen molar-refractivity contribution in [2.75, 3.05) is 16.8 Å². The zero-order valence-electron chi connectivity index (χ0n) is 18.6. The first kappa shape index (κ1) is 19.7. The molecule has 2 aromatic rings. The molecule has 0 radical (unpaired) electrons. The van der Waals surface area contributed by atoms with Gasteiger partial charge in [0.15, 0.2) is 0 Å². The molecule has 0 aromatic heterocycles. The summed E-state index contributed by atoms with van der Waals surface area (Å²) in [5.41, 5.74) is 4.27. The maximum atomic E-state index is 14.0. The highest BCUT2D eigenvalue weighted by atomic mass is 16.2. The second-order valence-electron chi connectivity index (χ2n) is 9.66. The predicted octanol–water partition coefficient (Wildman–Crippen LogP) is 3.30. The number of fused-ring (bicyclic) bond motifs is 7. The van der Waals surface area contributed by atoms with Crippen LogP contribution in [0.2, 0.25) is 0 Å². The number of amides is 3. The number of rotatable bonds is 2. The molecule has 6 rings (SSSR count). The van der Waals surface area contributed by atoms with Crippen LogP contribution in [0, 0.1) is 25.7 Å². The molecule has 4 unspecified atom stereocenters. The first-order valence-electron chi connectivity index (χ1n) is 11.6. The largest absolute Gasteiger partial charge is 0.324 e. The zero-order chi connectivity index (χ0) is 22.4. The van der Waals surface area contributed by atoms with E-state index in [1.54, 1.807) is 0 Å². The lowest BCUT2D eigenvalue weighted by Gasteiger charge is -2.37. The SMILES string of the molecule is CCc1ccc2c(c1)C1(C(=O)N2)C2C(=O)N(c3ccc(C)cc3C)C(=O)C2C2CCCN21. The van der Waals surface area contributed by atoms with E-state index in [4.69, 9.17) is 0 Å². The highest BCUT2D eigenvalue weighted by Gasteiger charge is 2.74. The molecule has 1 N–H and O–H groups in total. The molecule has 32 heavy (non-hydrogen) atoms. The van der Waals surface area contributed by atoms with Gasteiger partial charge >= 0.3 is 0 Å². The number of nitrogens with zero attached hydrogens (tertiary/aromatic N) is 2. The maximum absolute atomic E-state index is 14.0. The molecule has 3 fully saturated rings. The van der Waals surface area contributed by atoms with E-state index in [2.05, 4.69) is 23.2 Å². The molecule has 164 valence electrons. The van der Waals surface area contributed by atoms with Crippen LogP contribution in [0.4, 0.5) is 11.4 Å². The monoisotopic (exact) mass is 429 g/mol. The van der Waals surface area contributed by atoms with Crippen molar-refractivity contribution in [1.29, 1.82) is 0 Å². The predicted molar refractivity (Wildman–Crippen MR) is 121 cm³/mol. The summed E-state index contributed by atoms with van der Waals surface area (Å²) in [5.74, 6) is -1.76. The molecule has 4 atom stereocenters. The lowest BCUT2D eigenvalue weighted by molar-refractivity contribution is -0.135. The van der Waals surface area contributed by atoms with Gasteiger partial charge in [-0.05, 0) is 62.9 Å². The highest BCUT2D eigenvalue weighted by Crippen LogP contribution is 2.60. The molecule has 0 saturated carbocycles. The summed E-state index contributed by atoms with van der Waals surface area (Å²) in [6.07, 6.45) is 2.60. The summed E-state index contributed by atoms with van der Waals surface area (Å²) < 4.78 is 0. The fourth-order valence-electron chi connectivity index (χ4n) is 6.76. The van der Waals surface area contributed by atoms with Crippen LogP contribution in [0.1, 0.15) is 42.0 Å². The van der Waals surface area contributed by atoms with Crippen LogP contribution >= 0.6 is 0 Å². The van der Waals surface area contributed by atoms with Crippen molar-refractivity contribution in [2.24, 2.45) is 11.8 Å². The van der Waals surface area contributed by atoms with Crippen molar-refractivity contribution in [3.05, 3.63) is 58.7 Å². The second kappa shape index (κ2) is 6.51. The van der Waals surface area contributed by atoms with Gasteiger partial charge in [-0.2, -0.15) is 0 Å². The molecule has 0 bridgehead atoms. The Morgan fingerprint density at radius 3 is 2.62 bits per heavy atom. The molecule has 2 aromatic carbocycles. The van der Waals surface area contributed by atoms with E-state index in [0.717, 1.165) is 53.7 Å². The van der Waals surface area contributed by atoms with Gasteiger partial charge in [-0.1, -0.05) is 36.8 Å². The van der Waals surface area contributed by atoms with Gasteiger partial charge in [-0.15, -0.1) is 0 Å². The van der Waals surface area contributed by atoms with Gasteiger partial charge in [0.1, 0.15) is 5.54 Å². The molecule has 3 amide bonds. The molecule has 6 nitrogen and oxygen atoms in total. The minimum atomic E-state index is -1.10. The van der Waals surface area contributed by atoms with E-state index in [-0.39, 0.29) is 23.8 Å². The normalized spacial score (nSPS) is 30.8. The number of hydrogen-bond acceptors (Lipinski definition) is 4. The Morgan fingerprint density at radius 1 is 1.06 bits per heavy atom. The maximum Gasteiger partial charge on any atom is 0.250 e. The fraction of sp³-hybridized carbons (Fsp3) is 0.423. The topological polar surface area (TPSA) is 69.7 Å². The molecule has 4 aliphatic rings. The van der Waals surface area contributed by atoms with Crippen molar-refractivity contribution in [3.63, 3.8) is 0 Å². The van der Waals surface area contributed by atoms with E-state index >= 15 is 0 Å². The quantitative estimate of drug-likeness (QED) is 0.744. The minimum absolute atomic E-state index is 0.0887. The summed E-state index contributed by atoms with van der Waals surface area (Å²) >= 11 is 0. The van der Waals surface area contributed by atoms with E-state index in [9.17, 15) is 14.4 Å². The third-order valence-electron chi connectivity index (χ3n) is 8.06. The van der Waals surface area contributed by atoms with Crippen molar-refractivity contribution >= 4 is 29.1 Å². The third-order valence-corrected chi connectivity index (χ3v) is 8.06. The number of hydrogen-bond donors (Lipinski definition) is 1. The first-order chi connectivity index (χ1) is 15.4. The van der Waals surface area contributed by atoms with Crippen LogP contribution < -0.4 is 10.2 Å². The van der Waals surface area contributed by atoms with E-state index in [1.165, 1.54) is 4.90 Å². The first-order valence-corrected chi connectivity index (χ1v) is 11.6. The number of benzene rings is 2. The summed E-state index contributed by atoms with van der Waals surface area (Å²) in [6, 6.07) is 11.7. The standard InChI is InChI=1S/C26H27N3O3/c1-4-16-8-9-18-17(13-16)26(25(32)27-18)22-21(20-6-5-11-28(20)26)23(30)29(24(22)31)19-10-7-14(2)12-15(19)3/h7-10,12-13,20-22H,4-6,11H2,1-3H3,(H,27,32). The lowest BCUT2D eigenvalue weighted by atomic mass is 9.75. The van der Waals surface area contributed by atoms with Crippen molar-refractivity contribution in [2.45, 2.75) is 51.6 Å². The fourth-order valence-corrected chi connectivity index (χ4v) is 6.76. The lowest BCUT2D eigenvalue weighted by Crippen LogP contribution is -2.54. The molecule has 1 spiro atoms. The van der Waals surface area contributed by atoms with Gasteiger partial charge in [-0.25, -0.2) is 4.90 Å². The van der Waals surface area contributed by atoms with Gasteiger partial charge in [0.05, 0.1) is 17.5 Å². The average Bonchev–Trinajstić information content (AvgIpc) is 3.47. The third kappa shape index (κ3) is 2.21. The average molecular weight is 430 g/mol. The highest BCUT2D eigenvalue weighted by molar-refractivity contribution is 6.26. The van der Waals surface area contributed by atoms with Crippen LogP contribution in [0.5, 0.6) is 0 Å². The Balaban J connectivity index is 1.56. The molecular formula is C26H27N3O3. The van der Waals surface area contributed by atoms with Crippen LogP contribution in [0.25, 0.3) is 0 Å². The molecular weight excluding hydrogens is 402 g/mol. The van der Waals surface area contributed by atoms with Gasteiger partial charge in [0.25, 0.3) is 0 Å². The summed E-state index contributed by atoms with van der Waals surface area (Å²) in [6.45, 7) is 6.74. The summed E-state index contributed by atoms with van der Waals surface area (Å²) in [4.78, 5) is 45.1. The molecule has 3 saturated heterocycles. The number of carbonyl (C=O) groups is 3. The second-order valence-corrected chi connectivity index (χ2v) is 9.66. The molecule has 6 heteroatoms. The molecule has 0 aliphatic carbocycles. The van der Waals surface area contributed by atoms with E-state index < -0.39 is 17.4 Å². The Labute approximate surface area is 187 Å². The molecule has 4 heterocycles. The van der Waals surface area contributed by atoms with Gasteiger partial charge in [0, 0.05) is 17.3 Å². The number of anilines is 2. The van der Waals surface area contributed by atoms with Gasteiger partial charge in [0.2, 0.25) is 17.7 Å².